The van der Waals surface area contributed by atoms with E-state index < -0.39 is 0 Å². The van der Waals surface area contributed by atoms with Crippen LogP contribution in [0.3, 0.4) is 0 Å². The molecular weight excluding hydrogens is 344 g/mol. The van der Waals surface area contributed by atoms with Crippen LogP contribution in [0.2, 0.25) is 5.02 Å². The summed E-state index contributed by atoms with van der Waals surface area (Å²) in [6, 6.07) is 23.0. The van der Waals surface area contributed by atoms with Crippen molar-refractivity contribution < 1.29 is 4.79 Å². The lowest BCUT2D eigenvalue weighted by Crippen LogP contribution is -2.38. The number of benzene rings is 2. The molecule has 0 fully saturated rings. The highest BCUT2D eigenvalue weighted by Gasteiger charge is 2.23. The maximum atomic E-state index is 12.6. The van der Waals surface area contributed by atoms with Gasteiger partial charge in [-0.15, -0.1) is 0 Å². The van der Waals surface area contributed by atoms with Gasteiger partial charge in [-0.3, -0.25) is 9.78 Å². The van der Waals surface area contributed by atoms with E-state index in [4.69, 9.17) is 11.6 Å². The van der Waals surface area contributed by atoms with Gasteiger partial charge in [-0.05, 0) is 43.2 Å². The molecule has 0 spiro atoms. The molecule has 0 saturated heterocycles. The van der Waals surface area contributed by atoms with Crippen LogP contribution in [0.25, 0.3) is 0 Å². The van der Waals surface area contributed by atoms with Crippen molar-refractivity contribution in [2.24, 2.45) is 0 Å². The SMILES string of the molecule is CC(NC(=O)c1ccccc1)C(Cc1ncccc1Cl)c1ccccc1. The number of halogens is 1. The molecule has 26 heavy (non-hydrogen) atoms. The van der Waals surface area contributed by atoms with Crippen molar-refractivity contribution >= 4 is 17.5 Å². The minimum Gasteiger partial charge on any atom is -0.349 e. The summed E-state index contributed by atoms with van der Waals surface area (Å²) < 4.78 is 0. The van der Waals surface area contributed by atoms with Gasteiger partial charge in [0.05, 0.1) is 10.7 Å². The zero-order chi connectivity index (χ0) is 18.4. The molecule has 4 heteroatoms. The Morgan fingerprint density at radius 2 is 1.65 bits per heavy atom. The molecule has 3 nitrogen and oxygen atoms in total. The second-order valence-corrected chi connectivity index (χ2v) is 6.69. The van der Waals surface area contributed by atoms with Crippen molar-refractivity contribution in [3.8, 4) is 0 Å². The first-order chi connectivity index (χ1) is 12.6. The quantitative estimate of drug-likeness (QED) is 0.677. The number of carbonyl (C=O) groups is 1. The van der Waals surface area contributed by atoms with E-state index >= 15 is 0 Å². The smallest absolute Gasteiger partial charge is 0.251 e. The number of aromatic nitrogens is 1. The number of rotatable bonds is 6. The number of pyridine rings is 1. The lowest BCUT2D eigenvalue weighted by molar-refractivity contribution is 0.0934. The van der Waals surface area contributed by atoms with Crippen molar-refractivity contribution in [3.05, 3.63) is 101 Å². The molecule has 0 radical (unpaired) electrons. The molecule has 0 aliphatic carbocycles. The van der Waals surface area contributed by atoms with Crippen molar-refractivity contribution in [3.63, 3.8) is 0 Å². The largest absolute Gasteiger partial charge is 0.349 e. The van der Waals surface area contributed by atoms with Crippen LogP contribution in [0, 0.1) is 0 Å². The fourth-order valence-corrected chi connectivity index (χ4v) is 3.24. The first kappa shape index (κ1) is 18.2. The van der Waals surface area contributed by atoms with Crippen molar-refractivity contribution in [1.29, 1.82) is 0 Å². The Balaban J connectivity index is 1.83. The molecule has 2 unspecified atom stereocenters. The van der Waals surface area contributed by atoms with E-state index in [0.29, 0.717) is 17.0 Å². The Morgan fingerprint density at radius 3 is 2.31 bits per heavy atom. The van der Waals surface area contributed by atoms with Crippen LogP contribution in [-0.2, 0) is 6.42 Å². The van der Waals surface area contributed by atoms with Gasteiger partial charge in [0.15, 0.2) is 0 Å². The van der Waals surface area contributed by atoms with Crippen LogP contribution in [0.5, 0.6) is 0 Å². The van der Waals surface area contributed by atoms with Gasteiger partial charge in [0.1, 0.15) is 0 Å². The molecule has 3 aromatic rings. The van der Waals surface area contributed by atoms with Gasteiger partial charge in [0, 0.05) is 23.7 Å². The third kappa shape index (κ3) is 4.50. The molecule has 132 valence electrons. The molecule has 1 aromatic heterocycles. The number of hydrogen-bond donors (Lipinski definition) is 1. The summed E-state index contributed by atoms with van der Waals surface area (Å²) in [7, 11) is 0. The summed E-state index contributed by atoms with van der Waals surface area (Å²) in [4.78, 5) is 17.0. The van der Waals surface area contributed by atoms with Gasteiger partial charge >= 0.3 is 0 Å². The Morgan fingerprint density at radius 1 is 1.00 bits per heavy atom. The van der Waals surface area contributed by atoms with Crippen LogP contribution >= 0.6 is 11.6 Å². The Labute approximate surface area is 159 Å². The number of hydrogen-bond acceptors (Lipinski definition) is 2. The molecular formula is C22H21ClN2O. The number of carbonyl (C=O) groups excluding carboxylic acids is 1. The second kappa shape index (κ2) is 8.63. The van der Waals surface area contributed by atoms with Crippen molar-refractivity contribution in [1.82, 2.24) is 10.3 Å². The fraction of sp³-hybridized carbons (Fsp3) is 0.182. The summed E-state index contributed by atoms with van der Waals surface area (Å²) >= 11 is 6.31. The van der Waals surface area contributed by atoms with Crippen LogP contribution in [0.15, 0.2) is 79.0 Å². The highest BCUT2D eigenvalue weighted by atomic mass is 35.5. The van der Waals surface area contributed by atoms with Gasteiger partial charge in [-0.2, -0.15) is 0 Å². The van der Waals surface area contributed by atoms with Crippen LogP contribution in [0.1, 0.15) is 34.5 Å². The van der Waals surface area contributed by atoms with E-state index in [1.54, 1.807) is 6.20 Å². The van der Waals surface area contributed by atoms with E-state index in [1.165, 1.54) is 0 Å². The van der Waals surface area contributed by atoms with Crippen molar-refractivity contribution in [2.45, 2.75) is 25.3 Å². The average molecular weight is 365 g/mol. The number of amides is 1. The minimum absolute atomic E-state index is 0.0660. The highest BCUT2D eigenvalue weighted by molar-refractivity contribution is 6.31. The molecule has 0 saturated carbocycles. The van der Waals surface area contributed by atoms with E-state index in [2.05, 4.69) is 22.4 Å². The Bertz CT molecular complexity index is 852. The molecule has 2 aromatic carbocycles. The first-order valence-electron chi connectivity index (χ1n) is 8.65. The topological polar surface area (TPSA) is 42.0 Å². The molecule has 3 rings (SSSR count). The maximum Gasteiger partial charge on any atom is 0.251 e. The normalized spacial score (nSPS) is 13.0. The Hall–Kier alpha value is -2.65. The molecule has 0 bridgehead atoms. The third-order valence-corrected chi connectivity index (χ3v) is 4.82. The summed E-state index contributed by atoms with van der Waals surface area (Å²) in [6.07, 6.45) is 2.40. The average Bonchev–Trinajstić information content (AvgIpc) is 2.68. The Kier molecular flexibility index (Phi) is 6.03. The standard InChI is InChI=1S/C22H21ClN2O/c1-16(25-22(26)18-11-6-3-7-12-18)19(17-9-4-2-5-10-17)15-21-20(23)13-8-14-24-21/h2-14,16,19H,15H2,1H3,(H,25,26). The summed E-state index contributed by atoms with van der Waals surface area (Å²) in [5, 5.41) is 3.77. The summed E-state index contributed by atoms with van der Waals surface area (Å²) in [5.41, 5.74) is 2.64. The van der Waals surface area contributed by atoms with Gasteiger partial charge in [-0.1, -0.05) is 60.1 Å². The molecule has 1 amide bonds. The molecule has 0 aliphatic rings. The van der Waals surface area contributed by atoms with Gasteiger partial charge in [0.2, 0.25) is 0 Å². The third-order valence-electron chi connectivity index (χ3n) is 4.47. The van der Waals surface area contributed by atoms with Crippen LogP contribution in [0.4, 0.5) is 0 Å². The monoisotopic (exact) mass is 364 g/mol. The molecule has 2 atom stereocenters. The maximum absolute atomic E-state index is 12.6. The molecule has 0 aliphatic heterocycles. The van der Waals surface area contributed by atoms with E-state index in [1.807, 2.05) is 67.6 Å². The lowest BCUT2D eigenvalue weighted by Gasteiger charge is -2.26. The van der Waals surface area contributed by atoms with Gasteiger partial charge in [0.25, 0.3) is 5.91 Å². The summed E-state index contributed by atoms with van der Waals surface area (Å²) in [6.45, 7) is 2.02. The molecule has 1 heterocycles. The summed E-state index contributed by atoms with van der Waals surface area (Å²) in [5.74, 6) is -0.0117. The van der Waals surface area contributed by atoms with E-state index in [9.17, 15) is 4.79 Å². The van der Waals surface area contributed by atoms with E-state index in [-0.39, 0.29) is 17.9 Å². The zero-order valence-electron chi connectivity index (χ0n) is 14.6. The van der Waals surface area contributed by atoms with E-state index in [0.717, 1.165) is 11.3 Å². The predicted octanol–water partition coefficient (Wildman–Crippen LogP) is 4.88. The lowest BCUT2D eigenvalue weighted by atomic mass is 9.88. The van der Waals surface area contributed by atoms with Crippen LogP contribution in [-0.4, -0.2) is 16.9 Å². The number of nitrogens with zero attached hydrogens (tertiary/aromatic N) is 1. The number of nitrogens with one attached hydrogen (secondary N) is 1. The predicted molar refractivity (Wildman–Crippen MR) is 106 cm³/mol. The first-order valence-corrected chi connectivity index (χ1v) is 9.03. The van der Waals surface area contributed by atoms with Gasteiger partial charge in [-0.25, -0.2) is 0 Å². The minimum atomic E-state index is -0.0804. The molecule has 1 N–H and O–H groups in total. The second-order valence-electron chi connectivity index (χ2n) is 6.28. The van der Waals surface area contributed by atoms with Crippen LogP contribution < -0.4 is 5.32 Å². The van der Waals surface area contributed by atoms with Crippen molar-refractivity contribution in [2.75, 3.05) is 0 Å². The zero-order valence-corrected chi connectivity index (χ0v) is 15.4. The van der Waals surface area contributed by atoms with Gasteiger partial charge < -0.3 is 5.32 Å². The fourth-order valence-electron chi connectivity index (χ4n) is 3.04. The highest BCUT2D eigenvalue weighted by Crippen LogP contribution is 2.27.